The largest absolute Gasteiger partial charge is 0.387 e. The Labute approximate surface area is 145 Å². The maximum absolute atomic E-state index is 10.4. The fraction of sp³-hybridized carbons (Fsp3) is 0.368. The molecule has 0 saturated carbocycles. The van der Waals surface area contributed by atoms with Gasteiger partial charge in [-0.05, 0) is 36.3 Å². The first-order valence-corrected chi connectivity index (χ1v) is 9.26. The minimum Gasteiger partial charge on any atom is -0.387 e. The van der Waals surface area contributed by atoms with E-state index in [4.69, 9.17) is 0 Å². The number of aromatic nitrogens is 2. The summed E-state index contributed by atoms with van der Waals surface area (Å²) in [6.07, 6.45) is 4.53. The van der Waals surface area contributed by atoms with E-state index in [0.29, 0.717) is 6.54 Å². The van der Waals surface area contributed by atoms with E-state index in [-0.39, 0.29) is 0 Å². The number of fused-ring (bicyclic) bond motifs is 3. The second kappa shape index (κ2) is 6.49. The summed E-state index contributed by atoms with van der Waals surface area (Å²) < 4.78 is 0. The Morgan fingerprint density at radius 3 is 2.96 bits per heavy atom. The lowest BCUT2D eigenvalue weighted by molar-refractivity contribution is 0.191. The highest BCUT2D eigenvalue weighted by molar-refractivity contribution is 7.19. The lowest BCUT2D eigenvalue weighted by Gasteiger charge is -2.18. The van der Waals surface area contributed by atoms with Gasteiger partial charge in [0.05, 0.1) is 11.5 Å². The van der Waals surface area contributed by atoms with Gasteiger partial charge in [0.25, 0.3) is 0 Å². The van der Waals surface area contributed by atoms with Gasteiger partial charge in [-0.15, -0.1) is 11.3 Å². The molecule has 4 nitrogen and oxygen atoms in total. The van der Waals surface area contributed by atoms with Crippen LogP contribution >= 0.6 is 11.3 Å². The lowest BCUT2D eigenvalue weighted by atomic mass is 9.89. The van der Waals surface area contributed by atoms with Crippen LogP contribution < -0.4 is 5.32 Å². The summed E-state index contributed by atoms with van der Waals surface area (Å²) in [5.74, 6) is 1.59. The van der Waals surface area contributed by atoms with Crippen molar-refractivity contribution < 1.29 is 5.11 Å². The van der Waals surface area contributed by atoms with Crippen LogP contribution in [0.2, 0.25) is 0 Å². The van der Waals surface area contributed by atoms with Gasteiger partial charge in [-0.3, -0.25) is 0 Å². The summed E-state index contributed by atoms with van der Waals surface area (Å²) in [5, 5.41) is 14.9. The fourth-order valence-electron chi connectivity index (χ4n) is 3.40. The fourth-order valence-corrected chi connectivity index (χ4v) is 4.75. The van der Waals surface area contributed by atoms with E-state index >= 15 is 0 Å². The summed E-state index contributed by atoms with van der Waals surface area (Å²) >= 11 is 1.79. The zero-order valence-corrected chi connectivity index (χ0v) is 14.5. The Balaban J connectivity index is 1.60. The average molecular weight is 339 g/mol. The molecule has 1 aromatic carbocycles. The number of aliphatic hydroxyl groups excluding tert-OH is 1. The van der Waals surface area contributed by atoms with E-state index in [1.165, 1.54) is 16.9 Å². The van der Waals surface area contributed by atoms with Crippen LogP contribution in [0.3, 0.4) is 0 Å². The lowest BCUT2D eigenvalue weighted by Crippen LogP contribution is -2.14. The van der Waals surface area contributed by atoms with Crippen LogP contribution in [-0.2, 0) is 12.8 Å². The van der Waals surface area contributed by atoms with Gasteiger partial charge >= 0.3 is 0 Å². The molecule has 0 bridgehead atoms. The van der Waals surface area contributed by atoms with Gasteiger partial charge in [-0.25, -0.2) is 9.97 Å². The SMILES string of the molecule is C[C@@H]1CCc2c(sc3ncnc(NC[C@@H](O)c4ccccc4)c23)C1. The molecule has 2 aromatic heterocycles. The number of hydrogen-bond donors (Lipinski definition) is 2. The van der Waals surface area contributed by atoms with Crippen LogP contribution in [0.5, 0.6) is 0 Å². The molecule has 124 valence electrons. The highest BCUT2D eigenvalue weighted by Gasteiger charge is 2.23. The van der Waals surface area contributed by atoms with Gasteiger partial charge in [0, 0.05) is 11.4 Å². The smallest absolute Gasteiger partial charge is 0.138 e. The van der Waals surface area contributed by atoms with E-state index in [1.54, 1.807) is 17.7 Å². The van der Waals surface area contributed by atoms with Crippen molar-refractivity contribution in [1.29, 1.82) is 0 Å². The molecule has 1 aliphatic rings. The van der Waals surface area contributed by atoms with Crippen LogP contribution in [-0.4, -0.2) is 21.6 Å². The molecule has 0 spiro atoms. The number of nitrogens with zero attached hydrogens (tertiary/aromatic N) is 2. The van der Waals surface area contributed by atoms with Crippen molar-refractivity contribution in [3.63, 3.8) is 0 Å². The van der Waals surface area contributed by atoms with Gasteiger partial charge in [0.15, 0.2) is 0 Å². The molecule has 2 atom stereocenters. The summed E-state index contributed by atoms with van der Waals surface area (Å²) in [6, 6.07) is 9.72. The van der Waals surface area contributed by atoms with Gasteiger partial charge in [0.1, 0.15) is 17.0 Å². The van der Waals surface area contributed by atoms with Crippen LogP contribution in [0.4, 0.5) is 5.82 Å². The molecule has 2 heterocycles. The summed E-state index contributed by atoms with van der Waals surface area (Å²) in [6.45, 7) is 2.76. The number of rotatable bonds is 4. The average Bonchev–Trinajstić information content (AvgIpc) is 2.98. The number of hydrogen-bond acceptors (Lipinski definition) is 5. The quantitative estimate of drug-likeness (QED) is 0.755. The molecule has 0 radical (unpaired) electrons. The molecule has 5 heteroatoms. The van der Waals surface area contributed by atoms with Crippen LogP contribution in [0.25, 0.3) is 10.2 Å². The van der Waals surface area contributed by atoms with Crippen molar-refractivity contribution in [2.75, 3.05) is 11.9 Å². The Morgan fingerprint density at radius 1 is 1.29 bits per heavy atom. The molecule has 0 aliphatic heterocycles. The predicted octanol–water partition coefficient (Wildman–Crippen LogP) is 3.96. The van der Waals surface area contributed by atoms with Crippen LogP contribution in [0, 0.1) is 5.92 Å². The number of anilines is 1. The van der Waals surface area contributed by atoms with E-state index in [9.17, 15) is 5.11 Å². The third-order valence-electron chi connectivity index (χ3n) is 4.74. The van der Waals surface area contributed by atoms with Crippen LogP contribution in [0.15, 0.2) is 36.7 Å². The highest BCUT2D eigenvalue weighted by Crippen LogP contribution is 2.39. The first-order chi connectivity index (χ1) is 11.7. The number of aliphatic hydroxyl groups is 1. The molecular formula is C19H21N3OS. The van der Waals surface area contributed by atoms with Gasteiger partial charge < -0.3 is 10.4 Å². The van der Waals surface area contributed by atoms with Crippen molar-refractivity contribution in [2.45, 2.75) is 32.3 Å². The van der Waals surface area contributed by atoms with E-state index < -0.39 is 6.10 Å². The highest BCUT2D eigenvalue weighted by atomic mass is 32.1. The minimum atomic E-state index is -0.550. The Kier molecular flexibility index (Phi) is 4.21. The summed E-state index contributed by atoms with van der Waals surface area (Å²) in [7, 11) is 0. The Morgan fingerprint density at radius 2 is 2.12 bits per heavy atom. The molecule has 0 unspecified atom stereocenters. The van der Waals surface area contributed by atoms with Gasteiger partial charge in [0.2, 0.25) is 0 Å². The summed E-state index contributed by atoms with van der Waals surface area (Å²) in [4.78, 5) is 11.4. The maximum Gasteiger partial charge on any atom is 0.138 e. The number of nitrogens with one attached hydrogen (secondary N) is 1. The number of benzene rings is 1. The molecule has 2 N–H and O–H groups in total. The molecule has 4 rings (SSSR count). The third-order valence-corrected chi connectivity index (χ3v) is 5.90. The van der Waals surface area contributed by atoms with Crippen molar-refractivity contribution >= 4 is 27.4 Å². The van der Waals surface area contributed by atoms with Crippen molar-refractivity contribution in [2.24, 2.45) is 5.92 Å². The van der Waals surface area contributed by atoms with Crippen molar-refractivity contribution in [3.05, 3.63) is 52.7 Å². The van der Waals surface area contributed by atoms with Crippen molar-refractivity contribution in [3.8, 4) is 0 Å². The molecular weight excluding hydrogens is 318 g/mol. The minimum absolute atomic E-state index is 0.442. The first-order valence-electron chi connectivity index (χ1n) is 8.44. The number of aryl methyl sites for hydroxylation is 1. The Hall–Kier alpha value is -1.98. The number of thiophene rings is 1. The predicted molar refractivity (Wildman–Crippen MR) is 98.5 cm³/mol. The van der Waals surface area contributed by atoms with Gasteiger partial charge in [-0.1, -0.05) is 37.3 Å². The zero-order valence-electron chi connectivity index (χ0n) is 13.7. The summed E-state index contributed by atoms with van der Waals surface area (Å²) in [5.41, 5.74) is 2.32. The Bertz CT molecular complexity index is 846. The molecule has 24 heavy (non-hydrogen) atoms. The van der Waals surface area contributed by atoms with E-state index in [1.807, 2.05) is 30.3 Å². The zero-order chi connectivity index (χ0) is 16.5. The molecule has 1 aliphatic carbocycles. The monoisotopic (exact) mass is 339 g/mol. The molecule has 0 fully saturated rings. The van der Waals surface area contributed by atoms with Crippen molar-refractivity contribution in [1.82, 2.24) is 9.97 Å². The maximum atomic E-state index is 10.4. The first kappa shape index (κ1) is 15.5. The van der Waals surface area contributed by atoms with Gasteiger partial charge in [-0.2, -0.15) is 0 Å². The van der Waals surface area contributed by atoms with Crippen LogP contribution in [0.1, 0.15) is 35.5 Å². The van der Waals surface area contributed by atoms with E-state index in [0.717, 1.165) is 40.4 Å². The second-order valence-electron chi connectivity index (χ2n) is 6.56. The normalized spacial score (nSPS) is 18.3. The molecule has 3 aromatic rings. The topological polar surface area (TPSA) is 58.0 Å². The third kappa shape index (κ3) is 2.89. The second-order valence-corrected chi connectivity index (χ2v) is 7.65. The molecule has 0 saturated heterocycles. The standard InChI is InChI=1S/C19H21N3OS/c1-12-7-8-14-16(9-12)24-19-17(14)18(21-11-22-19)20-10-15(23)13-5-3-2-4-6-13/h2-6,11-12,15,23H,7-10H2,1H3,(H,20,21,22)/t12-,15-/m1/s1. The molecule has 0 amide bonds. The van der Waals surface area contributed by atoms with E-state index in [2.05, 4.69) is 22.2 Å².